The highest BCUT2D eigenvalue weighted by atomic mass is 32.1. The van der Waals surface area contributed by atoms with E-state index in [1.165, 1.54) is 4.90 Å². The van der Waals surface area contributed by atoms with Gasteiger partial charge >= 0.3 is 6.03 Å². The van der Waals surface area contributed by atoms with E-state index in [9.17, 15) is 9.59 Å². The summed E-state index contributed by atoms with van der Waals surface area (Å²) in [5.41, 5.74) is 7.27. The molecule has 0 aliphatic rings. The number of thiol groups is 1. The minimum atomic E-state index is -0.508. The normalized spacial score (nSPS) is 11.5. The van der Waals surface area contributed by atoms with Crippen molar-refractivity contribution in [2.24, 2.45) is 5.73 Å². The average Bonchev–Trinajstić information content (AvgIpc) is 2.69. The van der Waals surface area contributed by atoms with Crippen LogP contribution in [-0.4, -0.2) is 47.3 Å². The number of benzene rings is 1. The SMILES string of the molecule is CCc1ccnc(NC(=O)N(C)CCOc2ccc(CC(S)C(N)=O)cc2)c1. The maximum Gasteiger partial charge on any atom is 0.322 e. The number of carbonyl (C=O) groups excluding carboxylic acids is 2. The third-order valence-electron chi connectivity index (χ3n) is 4.19. The summed E-state index contributed by atoms with van der Waals surface area (Å²) < 4.78 is 5.67. The Hall–Kier alpha value is -2.74. The number of nitrogens with two attached hydrogens (primary N) is 1. The van der Waals surface area contributed by atoms with Gasteiger partial charge in [0.2, 0.25) is 5.91 Å². The highest BCUT2D eigenvalue weighted by molar-refractivity contribution is 7.81. The van der Waals surface area contributed by atoms with Gasteiger partial charge in [0.15, 0.2) is 0 Å². The molecule has 8 heteroatoms. The largest absolute Gasteiger partial charge is 0.492 e. The van der Waals surface area contributed by atoms with Crippen LogP contribution in [0.15, 0.2) is 42.6 Å². The van der Waals surface area contributed by atoms with Crippen molar-refractivity contribution in [3.8, 4) is 5.75 Å². The number of primary amides is 1. The second kappa shape index (κ2) is 10.6. The van der Waals surface area contributed by atoms with Crippen LogP contribution in [0, 0.1) is 0 Å². The third kappa shape index (κ3) is 6.77. The number of ether oxygens (including phenoxy) is 1. The van der Waals surface area contributed by atoms with Gasteiger partial charge in [-0.05, 0) is 48.2 Å². The summed E-state index contributed by atoms with van der Waals surface area (Å²) in [5.74, 6) is 0.775. The Balaban J connectivity index is 1.77. The second-order valence-electron chi connectivity index (χ2n) is 6.37. The lowest BCUT2D eigenvalue weighted by Crippen LogP contribution is -2.34. The van der Waals surface area contributed by atoms with Gasteiger partial charge in [-0.3, -0.25) is 10.1 Å². The quantitative estimate of drug-likeness (QED) is 0.562. The first-order chi connectivity index (χ1) is 13.4. The van der Waals surface area contributed by atoms with Gasteiger partial charge in [-0.25, -0.2) is 9.78 Å². The predicted molar refractivity (Wildman–Crippen MR) is 113 cm³/mol. The van der Waals surface area contributed by atoms with Crippen LogP contribution in [-0.2, 0) is 17.6 Å². The molecule has 7 nitrogen and oxygen atoms in total. The Morgan fingerprint density at radius 3 is 2.61 bits per heavy atom. The highest BCUT2D eigenvalue weighted by Gasteiger charge is 2.11. The number of hydrogen-bond acceptors (Lipinski definition) is 5. The van der Waals surface area contributed by atoms with Gasteiger partial charge in [0.05, 0.1) is 11.8 Å². The molecule has 1 heterocycles. The van der Waals surface area contributed by atoms with Crippen molar-refractivity contribution in [2.75, 3.05) is 25.5 Å². The van der Waals surface area contributed by atoms with Crippen LogP contribution < -0.4 is 15.8 Å². The zero-order valence-electron chi connectivity index (χ0n) is 16.1. The molecule has 0 saturated heterocycles. The highest BCUT2D eigenvalue weighted by Crippen LogP contribution is 2.15. The molecule has 3 N–H and O–H groups in total. The lowest BCUT2D eigenvalue weighted by Gasteiger charge is -2.18. The summed E-state index contributed by atoms with van der Waals surface area (Å²) in [6.45, 7) is 2.81. The monoisotopic (exact) mass is 402 g/mol. The van der Waals surface area contributed by atoms with Gasteiger partial charge in [0, 0.05) is 13.2 Å². The molecular weight excluding hydrogens is 376 g/mol. The first kappa shape index (κ1) is 21.6. The van der Waals surface area contributed by atoms with Crippen LogP contribution in [0.1, 0.15) is 18.1 Å². The maximum absolute atomic E-state index is 12.2. The second-order valence-corrected chi connectivity index (χ2v) is 6.99. The summed E-state index contributed by atoms with van der Waals surface area (Å²) in [6, 6.07) is 10.9. The molecule has 0 spiro atoms. The fraction of sp³-hybridized carbons (Fsp3) is 0.350. The molecule has 28 heavy (non-hydrogen) atoms. The van der Waals surface area contributed by atoms with Crippen LogP contribution in [0.3, 0.4) is 0 Å². The van der Waals surface area contributed by atoms with E-state index in [1.807, 2.05) is 43.3 Å². The standard InChI is InChI=1S/C20H26N4O3S/c1-3-14-8-9-22-18(13-14)23-20(26)24(2)10-11-27-16-6-4-15(5-7-16)12-17(28)19(21)25/h4-9,13,17,28H,3,10-12H2,1-2H3,(H2,21,25)(H,22,23,26). The number of nitrogens with one attached hydrogen (secondary N) is 1. The topological polar surface area (TPSA) is 97.6 Å². The Labute approximate surface area is 170 Å². The van der Waals surface area contributed by atoms with Crippen molar-refractivity contribution in [3.63, 3.8) is 0 Å². The van der Waals surface area contributed by atoms with E-state index < -0.39 is 11.2 Å². The van der Waals surface area contributed by atoms with Gasteiger partial charge in [-0.2, -0.15) is 12.6 Å². The minimum absolute atomic E-state index is 0.244. The summed E-state index contributed by atoms with van der Waals surface area (Å²) in [7, 11) is 1.70. The molecule has 2 rings (SSSR count). The van der Waals surface area contributed by atoms with Gasteiger partial charge in [0.1, 0.15) is 18.2 Å². The van der Waals surface area contributed by atoms with Crippen LogP contribution in [0.5, 0.6) is 5.75 Å². The predicted octanol–water partition coefficient (Wildman–Crippen LogP) is 2.51. The zero-order chi connectivity index (χ0) is 20.5. The summed E-state index contributed by atoms with van der Waals surface area (Å²) in [6.07, 6.45) is 3.03. The molecule has 150 valence electrons. The van der Waals surface area contributed by atoms with Crippen LogP contribution in [0.4, 0.5) is 10.6 Å². The smallest absolute Gasteiger partial charge is 0.322 e. The van der Waals surface area contributed by atoms with E-state index in [1.54, 1.807) is 13.2 Å². The van der Waals surface area contributed by atoms with Crippen LogP contribution in [0.2, 0.25) is 0 Å². The molecule has 0 saturated carbocycles. The molecule has 3 amide bonds. The fourth-order valence-corrected chi connectivity index (χ4v) is 2.63. The number of pyridine rings is 1. The van der Waals surface area contributed by atoms with E-state index in [2.05, 4.69) is 22.9 Å². The van der Waals surface area contributed by atoms with Gasteiger partial charge < -0.3 is 15.4 Å². The van der Waals surface area contributed by atoms with Crippen molar-refractivity contribution in [1.82, 2.24) is 9.88 Å². The maximum atomic E-state index is 12.2. The number of aryl methyl sites for hydroxylation is 1. The molecule has 1 unspecified atom stereocenters. The molecule has 0 aliphatic heterocycles. The minimum Gasteiger partial charge on any atom is -0.492 e. The third-order valence-corrected chi connectivity index (χ3v) is 4.63. The number of hydrogen-bond donors (Lipinski definition) is 3. The lowest BCUT2D eigenvalue weighted by atomic mass is 10.1. The molecule has 1 atom stereocenters. The van der Waals surface area contributed by atoms with Crippen molar-refractivity contribution in [2.45, 2.75) is 25.0 Å². The average molecular weight is 403 g/mol. The van der Waals surface area contributed by atoms with Crippen molar-refractivity contribution in [1.29, 1.82) is 0 Å². The molecule has 0 bridgehead atoms. The fourth-order valence-electron chi connectivity index (χ4n) is 2.42. The number of likely N-dealkylation sites (N-methyl/N-ethyl adjacent to an activating group) is 1. The van der Waals surface area contributed by atoms with Crippen molar-refractivity contribution >= 4 is 30.4 Å². The number of amides is 3. The Morgan fingerprint density at radius 2 is 1.96 bits per heavy atom. The van der Waals surface area contributed by atoms with Gasteiger partial charge in [-0.15, -0.1) is 0 Å². The molecule has 0 aliphatic carbocycles. The molecule has 0 fully saturated rings. The summed E-state index contributed by atoms with van der Waals surface area (Å²) in [4.78, 5) is 29.0. The molecule has 1 aromatic heterocycles. The molecule has 2 aromatic rings. The number of anilines is 1. The number of carbonyl (C=O) groups is 2. The first-order valence-electron chi connectivity index (χ1n) is 9.05. The zero-order valence-corrected chi connectivity index (χ0v) is 17.0. The van der Waals surface area contributed by atoms with E-state index in [0.29, 0.717) is 31.1 Å². The first-order valence-corrected chi connectivity index (χ1v) is 9.57. The number of urea groups is 1. The van der Waals surface area contributed by atoms with Gasteiger partial charge in [-0.1, -0.05) is 19.1 Å². The summed E-state index contributed by atoms with van der Waals surface area (Å²) >= 11 is 4.15. The Bertz CT molecular complexity index is 798. The van der Waals surface area contributed by atoms with Crippen molar-refractivity contribution in [3.05, 3.63) is 53.7 Å². The Kier molecular flexibility index (Phi) is 8.13. The van der Waals surface area contributed by atoms with Crippen LogP contribution >= 0.6 is 12.6 Å². The van der Waals surface area contributed by atoms with E-state index >= 15 is 0 Å². The number of aromatic nitrogens is 1. The van der Waals surface area contributed by atoms with E-state index in [4.69, 9.17) is 10.5 Å². The number of rotatable bonds is 9. The molecule has 0 radical (unpaired) electrons. The van der Waals surface area contributed by atoms with Crippen LogP contribution in [0.25, 0.3) is 0 Å². The summed E-state index contributed by atoms with van der Waals surface area (Å²) in [5, 5.41) is 2.27. The molecule has 1 aromatic carbocycles. The van der Waals surface area contributed by atoms with Crippen molar-refractivity contribution < 1.29 is 14.3 Å². The molecular formula is C20H26N4O3S. The number of nitrogens with zero attached hydrogens (tertiary/aromatic N) is 2. The lowest BCUT2D eigenvalue weighted by molar-refractivity contribution is -0.117. The van der Waals surface area contributed by atoms with E-state index in [0.717, 1.165) is 17.5 Å². The van der Waals surface area contributed by atoms with E-state index in [-0.39, 0.29) is 6.03 Å². The Morgan fingerprint density at radius 1 is 1.25 bits per heavy atom. The van der Waals surface area contributed by atoms with Gasteiger partial charge in [0.25, 0.3) is 0 Å².